The van der Waals surface area contributed by atoms with Crippen molar-refractivity contribution in [1.82, 2.24) is 15.3 Å². The molecule has 1 aliphatic heterocycles. The molecule has 1 fully saturated rings. The standard InChI is InChI=1S/C12H17N3/c1-7-5-10(7)12-14-8(2)9-3-4-13-6-11(9)15-12/h7,10,13H,3-6H2,1-2H3. The second kappa shape index (κ2) is 3.27. The third-order valence-electron chi connectivity index (χ3n) is 3.60. The van der Waals surface area contributed by atoms with Crippen LogP contribution in [-0.2, 0) is 13.0 Å². The average molecular weight is 203 g/mol. The Balaban J connectivity index is 2.01. The largest absolute Gasteiger partial charge is 0.311 e. The highest BCUT2D eigenvalue weighted by Gasteiger charge is 2.37. The molecule has 0 amide bonds. The Labute approximate surface area is 90.3 Å². The van der Waals surface area contributed by atoms with E-state index < -0.39 is 0 Å². The highest BCUT2D eigenvalue weighted by atomic mass is 15.0. The van der Waals surface area contributed by atoms with E-state index in [2.05, 4.69) is 24.1 Å². The van der Waals surface area contributed by atoms with Gasteiger partial charge in [0.2, 0.25) is 0 Å². The van der Waals surface area contributed by atoms with Crippen molar-refractivity contribution in [3.05, 3.63) is 22.8 Å². The minimum absolute atomic E-state index is 0.635. The molecule has 0 saturated heterocycles. The Morgan fingerprint density at radius 2 is 2.13 bits per heavy atom. The summed E-state index contributed by atoms with van der Waals surface area (Å²) in [6.45, 7) is 6.40. The minimum atomic E-state index is 0.635. The van der Waals surface area contributed by atoms with Crippen molar-refractivity contribution in [2.45, 2.75) is 39.2 Å². The first kappa shape index (κ1) is 9.28. The number of hydrogen-bond acceptors (Lipinski definition) is 3. The third kappa shape index (κ3) is 1.55. The lowest BCUT2D eigenvalue weighted by Gasteiger charge is -2.18. The van der Waals surface area contributed by atoms with Gasteiger partial charge < -0.3 is 5.32 Å². The predicted molar refractivity (Wildman–Crippen MR) is 58.7 cm³/mol. The van der Waals surface area contributed by atoms with E-state index in [1.165, 1.54) is 23.4 Å². The van der Waals surface area contributed by atoms with Gasteiger partial charge in [0.05, 0.1) is 5.69 Å². The van der Waals surface area contributed by atoms with Crippen LogP contribution in [0.3, 0.4) is 0 Å². The molecular weight excluding hydrogens is 186 g/mol. The number of nitrogens with one attached hydrogen (secondary N) is 1. The lowest BCUT2D eigenvalue weighted by Crippen LogP contribution is -2.26. The van der Waals surface area contributed by atoms with E-state index in [-0.39, 0.29) is 0 Å². The fourth-order valence-electron chi connectivity index (χ4n) is 2.42. The van der Waals surface area contributed by atoms with Gasteiger partial charge in [-0.1, -0.05) is 6.92 Å². The minimum Gasteiger partial charge on any atom is -0.311 e. The van der Waals surface area contributed by atoms with Crippen LogP contribution in [0.2, 0.25) is 0 Å². The molecule has 2 atom stereocenters. The summed E-state index contributed by atoms with van der Waals surface area (Å²) >= 11 is 0. The summed E-state index contributed by atoms with van der Waals surface area (Å²) in [6, 6.07) is 0. The second-order valence-electron chi connectivity index (χ2n) is 4.84. The molecule has 0 radical (unpaired) electrons. The zero-order chi connectivity index (χ0) is 10.4. The van der Waals surface area contributed by atoms with Crippen LogP contribution in [0, 0.1) is 12.8 Å². The second-order valence-corrected chi connectivity index (χ2v) is 4.84. The monoisotopic (exact) mass is 203 g/mol. The Hall–Kier alpha value is -0.960. The van der Waals surface area contributed by atoms with Crippen molar-refractivity contribution >= 4 is 0 Å². The van der Waals surface area contributed by atoms with Gasteiger partial charge in [-0.2, -0.15) is 0 Å². The molecule has 3 nitrogen and oxygen atoms in total. The van der Waals surface area contributed by atoms with E-state index in [0.29, 0.717) is 5.92 Å². The van der Waals surface area contributed by atoms with E-state index in [1.807, 2.05) is 0 Å². The number of aryl methyl sites for hydroxylation is 1. The van der Waals surface area contributed by atoms with Crippen LogP contribution >= 0.6 is 0 Å². The molecule has 1 saturated carbocycles. The Morgan fingerprint density at radius 1 is 1.33 bits per heavy atom. The predicted octanol–water partition coefficient (Wildman–Crippen LogP) is 1.55. The normalized spacial score (nSPS) is 28.7. The lowest BCUT2D eigenvalue weighted by atomic mass is 10.0. The van der Waals surface area contributed by atoms with Crippen LogP contribution in [0.4, 0.5) is 0 Å². The molecule has 2 aliphatic rings. The van der Waals surface area contributed by atoms with Crippen molar-refractivity contribution < 1.29 is 0 Å². The Morgan fingerprint density at radius 3 is 2.87 bits per heavy atom. The molecule has 1 N–H and O–H groups in total. The van der Waals surface area contributed by atoms with Crippen molar-refractivity contribution in [1.29, 1.82) is 0 Å². The van der Waals surface area contributed by atoms with Crippen molar-refractivity contribution in [3.8, 4) is 0 Å². The van der Waals surface area contributed by atoms with Crippen LogP contribution in [0.1, 0.15) is 42.0 Å². The van der Waals surface area contributed by atoms with Gasteiger partial charge in [0.15, 0.2) is 0 Å². The highest BCUT2D eigenvalue weighted by molar-refractivity contribution is 5.29. The third-order valence-corrected chi connectivity index (χ3v) is 3.60. The summed E-state index contributed by atoms with van der Waals surface area (Å²) < 4.78 is 0. The van der Waals surface area contributed by atoms with Gasteiger partial charge in [0, 0.05) is 18.2 Å². The summed E-state index contributed by atoms with van der Waals surface area (Å²) in [5.41, 5.74) is 3.82. The maximum absolute atomic E-state index is 4.71. The van der Waals surface area contributed by atoms with E-state index in [0.717, 1.165) is 31.3 Å². The molecule has 3 heteroatoms. The van der Waals surface area contributed by atoms with Crippen LogP contribution < -0.4 is 5.32 Å². The molecule has 3 rings (SSSR count). The zero-order valence-electron chi connectivity index (χ0n) is 9.38. The summed E-state index contributed by atoms with van der Waals surface area (Å²) in [5, 5.41) is 3.38. The average Bonchev–Trinajstić information content (AvgIpc) is 2.96. The first-order valence-electron chi connectivity index (χ1n) is 5.82. The molecule has 15 heavy (non-hydrogen) atoms. The number of nitrogens with zero attached hydrogens (tertiary/aromatic N) is 2. The molecule has 1 aromatic rings. The summed E-state index contributed by atoms with van der Waals surface area (Å²) in [5.74, 6) is 2.51. The molecule has 1 aromatic heterocycles. The summed E-state index contributed by atoms with van der Waals surface area (Å²) in [7, 11) is 0. The van der Waals surface area contributed by atoms with Crippen LogP contribution in [0.25, 0.3) is 0 Å². The molecule has 2 unspecified atom stereocenters. The molecule has 80 valence electrons. The molecule has 0 bridgehead atoms. The van der Waals surface area contributed by atoms with Crippen molar-refractivity contribution in [3.63, 3.8) is 0 Å². The Kier molecular flexibility index (Phi) is 2.02. The number of rotatable bonds is 1. The highest BCUT2D eigenvalue weighted by Crippen LogP contribution is 2.45. The lowest BCUT2D eigenvalue weighted by molar-refractivity contribution is 0.610. The fourth-order valence-corrected chi connectivity index (χ4v) is 2.42. The van der Waals surface area contributed by atoms with Gasteiger partial charge in [-0.15, -0.1) is 0 Å². The van der Waals surface area contributed by atoms with Gasteiger partial charge in [0.1, 0.15) is 5.82 Å². The van der Waals surface area contributed by atoms with Crippen LogP contribution in [-0.4, -0.2) is 16.5 Å². The van der Waals surface area contributed by atoms with Gasteiger partial charge in [-0.05, 0) is 37.8 Å². The van der Waals surface area contributed by atoms with E-state index >= 15 is 0 Å². The SMILES string of the molecule is Cc1nc(C2CC2C)nc2c1CCNC2. The van der Waals surface area contributed by atoms with Crippen LogP contribution in [0.5, 0.6) is 0 Å². The molecule has 2 heterocycles. The van der Waals surface area contributed by atoms with Gasteiger partial charge in [-0.3, -0.25) is 0 Å². The molecular formula is C12H17N3. The van der Waals surface area contributed by atoms with Crippen LogP contribution in [0.15, 0.2) is 0 Å². The van der Waals surface area contributed by atoms with Gasteiger partial charge in [0.25, 0.3) is 0 Å². The quantitative estimate of drug-likeness (QED) is 0.752. The first-order chi connectivity index (χ1) is 7.25. The number of fused-ring (bicyclic) bond motifs is 1. The maximum Gasteiger partial charge on any atom is 0.132 e. The van der Waals surface area contributed by atoms with Crippen molar-refractivity contribution in [2.75, 3.05) is 6.54 Å². The van der Waals surface area contributed by atoms with E-state index in [9.17, 15) is 0 Å². The fraction of sp³-hybridized carbons (Fsp3) is 0.667. The smallest absolute Gasteiger partial charge is 0.132 e. The molecule has 0 spiro atoms. The zero-order valence-corrected chi connectivity index (χ0v) is 9.38. The number of aromatic nitrogens is 2. The molecule has 1 aliphatic carbocycles. The van der Waals surface area contributed by atoms with E-state index in [1.54, 1.807) is 0 Å². The summed E-state index contributed by atoms with van der Waals surface area (Å²) in [6.07, 6.45) is 2.35. The first-order valence-corrected chi connectivity index (χ1v) is 5.82. The topological polar surface area (TPSA) is 37.8 Å². The van der Waals surface area contributed by atoms with E-state index in [4.69, 9.17) is 4.98 Å². The summed E-state index contributed by atoms with van der Waals surface area (Å²) in [4.78, 5) is 9.37. The van der Waals surface area contributed by atoms with Gasteiger partial charge >= 0.3 is 0 Å². The van der Waals surface area contributed by atoms with Crippen molar-refractivity contribution in [2.24, 2.45) is 5.92 Å². The molecule has 0 aromatic carbocycles. The number of hydrogen-bond donors (Lipinski definition) is 1. The maximum atomic E-state index is 4.71. The Bertz CT molecular complexity index is 400. The van der Waals surface area contributed by atoms with Gasteiger partial charge in [-0.25, -0.2) is 9.97 Å².